The van der Waals surface area contributed by atoms with Gasteiger partial charge in [0.25, 0.3) is 11.8 Å². The first kappa shape index (κ1) is 33.4. The molecule has 1 saturated heterocycles. The van der Waals surface area contributed by atoms with Crippen molar-refractivity contribution in [3.05, 3.63) is 91.5 Å². The second-order valence-electron chi connectivity index (χ2n) is 11.3. The van der Waals surface area contributed by atoms with Crippen LogP contribution in [0.25, 0.3) is 21.6 Å². The summed E-state index contributed by atoms with van der Waals surface area (Å²) in [7, 11) is 0. The standard InChI is InChI=1S/C31H31F3N8O4S/c1-17(25-11-19(14-47-25)27(35)36)40-29(45)24-12-30(32,16-46-9-8-39-41-37)15-42(24)26(43)13-38-28(44)18-6-7-23-21(10-18)20-4-2-3-5-22(20)31(23,33)34/h2-7,10-11,14,17,24H,8-9,12-13,15-16H2,1H3,(H3,35,36)(H,38,44)(H,40,45)/t17?,24-,30+/m0/s1. The number of nitrogen functional groups attached to an aromatic ring is 1. The molecule has 5 N–H and O–H groups in total. The highest BCUT2D eigenvalue weighted by molar-refractivity contribution is 7.10. The zero-order chi connectivity index (χ0) is 33.9. The number of alkyl halides is 3. The maximum atomic E-state index is 16.0. The van der Waals surface area contributed by atoms with E-state index in [1.165, 1.54) is 41.7 Å². The second-order valence-corrected chi connectivity index (χ2v) is 12.3. The van der Waals surface area contributed by atoms with E-state index in [2.05, 4.69) is 20.7 Å². The molecule has 246 valence electrons. The molecule has 47 heavy (non-hydrogen) atoms. The van der Waals surface area contributed by atoms with Gasteiger partial charge >= 0.3 is 0 Å². The molecule has 3 amide bonds. The lowest BCUT2D eigenvalue weighted by molar-refractivity contribution is -0.138. The van der Waals surface area contributed by atoms with Crippen LogP contribution in [0.1, 0.15) is 51.3 Å². The molecule has 5 rings (SSSR count). The molecule has 1 aromatic heterocycles. The Labute approximate surface area is 271 Å². The van der Waals surface area contributed by atoms with Crippen molar-refractivity contribution in [1.82, 2.24) is 15.5 Å². The Kier molecular flexibility index (Phi) is 9.56. The fourth-order valence-electron chi connectivity index (χ4n) is 5.72. The normalized spacial score (nSPS) is 19.7. The molecule has 2 aromatic carbocycles. The number of nitrogens with one attached hydrogen (secondary N) is 3. The quantitative estimate of drug-likeness (QED) is 0.0556. The Morgan fingerprint density at radius 1 is 1.17 bits per heavy atom. The van der Waals surface area contributed by atoms with Crippen molar-refractivity contribution < 1.29 is 32.3 Å². The Bertz CT molecular complexity index is 1780. The van der Waals surface area contributed by atoms with Crippen LogP contribution in [0.5, 0.6) is 0 Å². The largest absolute Gasteiger partial charge is 0.384 e. The van der Waals surface area contributed by atoms with Gasteiger partial charge in [-0.2, -0.15) is 8.78 Å². The van der Waals surface area contributed by atoms with Crippen LogP contribution < -0.4 is 16.4 Å². The van der Waals surface area contributed by atoms with Gasteiger partial charge in [-0.25, -0.2) is 4.39 Å². The van der Waals surface area contributed by atoms with Crippen LogP contribution in [-0.4, -0.2) is 73.0 Å². The van der Waals surface area contributed by atoms with E-state index in [9.17, 15) is 23.2 Å². The van der Waals surface area contributed by atoms with E-state index >= 15 is 4.39 Å². The van der Waals surface area contributed by atoms with Crippen LogP contribution in [0.15, 0.2) is 59.0 Å². The van der Waals surface area contributed by atoms with Gasteiger partial charge in [-0.15, -0.1) is 11.3 Å². The number of hydrogen-bond acceptors (Lipinski definition) is 7. The lowest BCUT2D eigenvalue weighted by atomic mass is 10.0. The predicted molar refractivity (Wildman–Crippen MR) is 168 cm³/mol. The monoisotopic (exact) mass is 668 g/mol. The highest BCUT2D eigenvalue weighted by Gasteiger charge is 2.50. The van der Waals surface area contributed by atoms with Gasteiger partial charge < -0.3 is 26.0 Å². The van der Waals surface area contributed by atoms with Gasteiger partial charge in [0.05, 0.1) is 32.3 Å². The number of carbonyl (C=O) groups is 3. The van der Waals surface area contributed by atoms with E-state index in [0.29, 0.717) is 16.0 Å². The molecule has 2 heterocycles. The fourth-order valence-corrected chi connectivity index (χ4v) is 6.64. The van der Waals surface area contributed by atoms with Crippen LogP contribution in [0, 0.1) is 5.41 Å². The lowest BCUT2D eigenvalue weighted by Crippen LogP contribution is -2.49. The van der Waals surface area contributed by atoms with Crippen molar-refractivity contribution in [3.8, 4) is 11.1 Å². The zero-order valence-corrected chi connectivity index (χ0v) is 26.0. The number of nitrogens with zero attached hydrogens (tertiary/aromatic N) is 4. The van der Waals surface area contributed by atoms with Gasteiger partial charge in [-0.05, 0) is 41.8 Å². The summed E-state index contributed by atoms with van der Waals surface area (Å²) in [4.78, 5) is 44.2. The molecule has 0 spiro atoms. The number of halogens is 3. The Morgan fingerprint density at radius 3 is 2.64 bits per heavy atom. The van der Waals surface area contributed by atoms with Crippen LogP contribution in [-0.2, 0) is 20.2 Å². The summed E-state index contributed by atoms with van der Waals surface area (Å²) in [6, 6.07) is 9.63. The van der Waals surface area contributed by atoms with E-state index in [1.807, 2.05) is 0 Å². The summed E-state index contributed by atoms with van der Waals surface area (Å²) in [5.41, 5.74) is 12.5. The third kappa shape index (κ3) is 6.94. The summed E-state index contributed by atoms with van der Waals surface area (Å²) >= 11 is 1.27. The van der Waals surface area contributed by atoms with Gasteiger partial charge in [-0.3, -0.25) is 19.8 Å². The fraction of sp³-hybridized carbons (Fsp3) is 0.355. The molecule has 1 aliphatic carbocycles. The van der Waals surface area contributed by atoms with Gasteiger partial charge in [0.2, 0.25) is 11.8 Å². The number of fused-ring (bicyclic) bond motifs is 3. The van der Waals surface area contributed by atoms with Crippen molar-refractivity contribution in [2.45, 2.75) is 37.0 Å². The number of carbonyl (C=O) groups excluding carboxylic acids is 3. The number of amides is 3. The summed E-state index contributed by atoms with van der Waals surface area (Å²) in [6.07, 6.45) is -0.395. The number of amidine groups is 1. The molecule has 3 aromatic rings. The van der Waals surface area contributed by atoms with Crippen LogP contribution >= 0.6 is 11.3 Å². The van der Waals surface area contributed by atoms with E-state index in [-0.39, 0.29) is 41.2 Å². The molecule has 0 saturated carbocycles. The minimum absolute atomic E-state index is 0.0301. The molecule has 1 fully saturated rings. The molecular formula is C31H31F3N8O4S. The highest BCUT2D eigenvalue weighted by Crippen LogP contribution is 2.51. The minimum atomic E-state index is -3.22. The van der Waals surface area contributed by atoms with Crippen LogP contribution in [0.3, 0.4) is 0 Å². The van der Waals surface area contributed by atoms with Gasteiger partial charge in [0.1, 0.15) is 11.9 Å². The number of benzene rings is 2. The highest BCUT2D eigenvalue weighted by atomic mass is 32.1. The molecule has 1 unspecified atom stereocenters. The summed E-state index contributed by atoms with van der Waals surface area (Å²) in [5, 5.41) is 17.8. The summed E-state index contributed by atoms with van der Waals surface area (Å²) < 4.78 is 51.2. The van der Waals surface area contributed by atoms with E-state index in [1.54, 1.807) is 30.5 Å². The number of rotatable bonds is 12. The Hall–Kier alpha value is -4.92. The van der Waals surface area contributed by atoms with E-state index < -0.39 is 67.5 Å². The van der Waals surface area contributed by atoms with Crippen molar-refractivity contribution in [2.75, 3.05) is 32.8 Å². The van der Waals surface area contributed by atoms with E-state index in [0.717, 1.165) is 4.90 Å². The smallest absolute Gasteiger partial charge is 0.299 e. The van der Waals surface area contributed by atoms with Crippen molar-refractivity contribution in [3.63, 3.8) is 0 Å². The minimum Gasteiger partial charge on any atom is -0.384 e. The van der Waals surface area contributed by atoms with Gasteiger partial charge in [0, 0.05) is 50.4 Å². The molecule has 2 aliphatic rings. The van der Waals surface area contributed by atoms with Gasteiger partial charge in [0.15, 0.2) is 5.67 Å². The Morgan fingerprint density at radius 2 is 1.91 bits per heavy atom. The maximum absolute atomic E-state index is 16.0. The molecule has 12 nitrogen and oxygen atoms in total. The average molecular weight is 669 g/mol. The lowest BCUT2D eigenvalue weighted by Gasteiger charge is -2.25. The van der Waals surface area contributed by atoms with Gasteiger partial charge in [-0.1, -0.05) is 35.4 Å². The molecule has 0 bridgehead atoms. The van der Waals surface area contributed by atoms with Crippen molar-refractivity contribution >= 4 is 34.9 Å². The third-order valence-electron chi connectivity index (χ3n) is 8.06. The molecule has 3 atom stereocenters. The number of ether oxygens (including phenoxy) is 1. The molecule has 16 heteroatoms. The first-order valence-corrected chi connectivity index (χ1v) is 15.4. The number of azide groups is 1. The first-order valence-electron chi connectivity index (χ1n) is 14.6. The number of hydrogen-bond donors (Lipinski definition) is 4. The number of nitrogens with two attached hydrogens (primary N) is 1. The summed E-state index contributed by atoms with van der Waals surface area (Å²) in [5.74, 6) is -5.44. The predicted octanol–water partition coefficient (Wildman–Crippen LogP) is 4.40. The summed E-state index contributed by atoms with van der Waals surface area (Å²) in [6.45, 7) is 0.0227. The zero-order valence-electron chi connectivity index (χ0n) is 25.1. The molecule has 0 radical (unpaired) electrons. The molecular weight excluding hydrogens is 637 g/mol. The topological polar surface area (TPSA) is 186 Å². The van der Waals surface area contributed by atoms with Crippen molar-refractivity contribution in [1.29, 1.82) is 5.41 Å². The number of likely N-dealkylation sites (tertiary alicyclic amines) is 1. The Balaban J connectivity index is 1.29. The third-order valence-corrected chi connectivity index (χ3v) is 9.18. The SMILES string of the molecule is CC(NC(=O)[C@@H]1C[C@](F)(COCCN=[N+]=[N-])CN1C(=O)CNC(=O)c1ccc2c(c1)-c1ccccc1C2(F)F)c1cc(C(=N)N)cs1. The molecule has 1 aliphatic heterocycles. The van der Waals surface area contributed by atoms with Crippen LogP contribution in [0.4, 0.5) is 13.2 Å². The second kappa shape index (κ2) is 13.4. The van der Waals surface area contributed by atoms with Crippen molar-refractivity contribution in [2.24, 2.45) is 10.8 Å². The van der Waals surface area contributed by atoms with Crippen LogP contribution in [0.2, 0.25) is 0 Å². The number of thiophene rings is 1. The average Bonchev–Trinajstić information content (AvgIpc) is 3.74. The first-order chi connectivity index (χ1) is 22.3. The maximum Gasteiger partial charge on any atom is 0.299 e. The van der Waals surface area contributed by atoms with E-state index in [4.69, 9.17) is 21.4 Å².